The van der Waals surface area contributed by atoms with Crippen LogP contribution in [0.4, 0.5) is 25.0 Å². The maximum absolute atomic E-state index is 14.5. The van der Waals surface area contributed by atoms with Crippen molar-refractivity contribution in [3.05, 3.63) is 90.0 Å². The van der Waals surface area contributed by atoms with E-state index in [2.05, 4.69) is 10.4 Å². The molecule has 1 heterocycles. The molecule has 3 aromatic carbocycles. The SMILES string of the molecule is COC(=O)N(NC(=O)c1c(N)c(-c2cc(F)ccc2F)nc2ccccc12)c1ccccc1. The van der Waals surface area contributed by atoms with Crippen molar-refractivity contribution in [1.29, 1.82) is 0 Å². The van der Waals surface area contributed by atoms with Crippen molar-refractivity contribution in [3.63, 3.8) is 0 Å². The highest BCUT2D eigenvalue weighted by Crippen LogP contribution is 2.34. The van der Waals surface area contributed by atoms with Gasteiger partial charge in [0.15, 0.2) is 0 Å². The maximum atomic E-state index is 14.5. The molecule has 0 bridgehead atoms. The Kier molecular flexibility index (Phi) is 5.86. The maximum Gasteiger partial charge on any atom is 0.433 e. The summed E-state index contributed by atoms with van der Waals surface area (Å²) in [5, 5.41) is 1.28. The molecule has 0 fully saturated rings. The number of rotatable bonds is 3. The fourth-order valence-corrected chi connectivity index (χ4v) is 3.40. The van der Waals surface area contributed by atoms with Gasteiger partial charge in [-0.3, -0.25) is 10.2 Å². The Bertz CT molecular complexity index is 1360. The van der Waals surface area contributed by atoms with Crippen molar-refractivity contribution in [2.75, 3.05) is 17.9 Å². The first kappa shape index (κ1) is 21.7. The average Bonchev–Trinajstić information content (AvgIpc) is 2.83. The van der Waals surface area contributed by atoms with Gasteiger partial charge in [0.2, 0.25) is 0 Å². The standard InChI is InChI=1S/C24H18F2N4O3/c1-33-24(32)30(15-7-3-2-4-8-15)29-23(31)20-16-9-5-6-10-19(16)28-22(21(20)27)17-13-14(25)11-12-18(17)26/h2-13H,27H2,1H3,(H,29,31). The minimum Gasteiger partial charge on any atom is -0.451 e. The number of carbonyl (C=O) groups is 2. The lowest BCUT2D eigenvalue weighted by molar-refractivity contribution is 0.0943. The summed E-state index contributed by atoms with van der Waals surface area (Å²) in [6.07, 6.45) is -0.845. The van der Waals surface area contributed by atoms with E-state index in [0.717, 1.165) is 23.2 Å². The fourth-order valence-electron chi connectivity index (χ4n) is 3.40. The highest BCUT2D eigenvalue weighted by Gasteiger charge is 2.25. The Morgan fingerprint density at radius 2 is 1.70 bits per heavy atom. The number of nitrogens with zero attached hydrogens (tertiary/aromatic N) is 2. The van der Waals surface area contributed by atoms with Crippen molar-refractivity contribution in [2.45, 2.75) is 0 Å². The van der Waals surface area contributed by atoms with Crippen molar-refractivity contribution in [2.24, 2.45) is 0 Å². The quantitative estimate of drug-likeness (QED) is 0.444. The molecule has 3 N–H and O–H groups in total. The number of halogens is 2. The highest BCUT2D eigenvalue weighted by molar-refractivity contribution is 6.14. The molecule has 2 amide bonds. The Morgan fingerprint density at radius 1 is 1.00 bits per heavy atom. The van der Waals surface area contributed by atoms with Crippen LogP contribution in [-0.2, 0) is 4.74 Å². The smallest absolute Gasteiger partial charge is 0.433 e. The number of hydrogen-bond donors (Lipinski definition) is 2. The van der Waals surface area contributed by atoms with E-state index in [-0.39, 0.29) is 22.5 Å². The molecule has 166 valence electrons. The summed E-state index contributed by atoms with van der Waals surface area (Å²) in [4.78, 5) is 30.1. The van der Waals surface area contributed by atoms with Gasteiger partial charge in [0.1, 0.15) is 11.6 Å². The van der Waals surface area contributed by atoms with Gasteiger partial charge in [-0.2, -0.15) is 5.01 Å². The number of para-hydroxylation sites is 2. The molecule has 4 rings (SSSR count). The lowest BCUT2D eigenvalue weighted by Crippen LogP contribution is -2.46. The third-order valence-electron chi connectivity index (χ3n) is 4.93. The first-order valence-corrected chi connectivity index (χ1v) is 9.78. The number of hydrogen-bond acceptors (Lipinski definition) is 5. The van der Waals surface area contributed by atoms with E-state index < -0.39 is 23.6 Å². The molecule has 1 aromatic heterocycles. The number of nitrogens with one attached hydrogen (secondary N) is 1. The Balaban J connectivity index is 1.87. The van der Waals surface area contributed by atoms with Crippen LogP contribution in [0.2, 0.25) is 0 Å². The van der Waals surface area contributed by atoms with Gasteiger partial charge in [-0.1, -0.05) is 36.4 Å². The molecule has 7 nitrogen and oxygen atoms in total. The van der Waals surface area contributed by atoms with E-state index in [1.807, 2.05) is 0 Å². The van der Waals surface area contributed by atoms with Crippen LogP contribution in [0.15, 0.2) is 72.8 Å². The number of methoxy groups -OCH3 is 1. The van der Waals surface area contributed by atoms with Crippen molar-refractivity contribution >= 4 is 34.3 Å². The number of amides is 2. The van der Waals surface area contributed by atoms with Crippen molar-refractivity contribution in [3.8, 4) is 11.3 Å². The second-order valence-corrected chi connectivity index (χ2v) is 6.97. The minimum absolute atomic E-state index is 0.0518. The first-order valence-electron chi connectivity index (χ1n) is 9.78. The summed E-state index contributed by atoms with van der Waals surface area (Å²) in [5.74, 6) is -2.20. The zero-order valence-electron chi connectivity index (χ0n) is 17.4. The first-order chi connectivity index (χ1) is 15.9. The molecule has 0 aliphatic rings. The second kappa shape index (κ2) is 8.91. The average molecular weight is 448 g/mol. The van der Waals surface area contributed by atoms with Crippen LogP contribution in [-0.4, -0.2) is 24.1 Å². The summed E-state index contributed by atoms with van der Waals surface area (Å²) in [5.41, 5.74) is 8.92. The van der Waals surface area contributed by atoms with Gasteiger partial charge < -0.3 is 10.5 Å². The molecular weight excluding hydrogens is 430 g/mol. The summed E-state index contributed by atoms with van der Waals surface area (Å²) in [6.45, 7) is 0. The number of fused-ring (bicyclic) bond motifs is 1. The van der Waals surface area contributed by atoms with Crippen LogP contribution < -0.4 is 16.2 Å². The van der Waals surface area contributed by atoms with Crippen LogP contribution in [0, 0.1) is 11.6 Å². The Hall–Kier alpha value is -4.53. The zero-order chi connectivity index (χ0) is 23.5. The molecular formula is C24H18F2N4O3. The Labute approximate surface area is 187 Å². The number of ether oxygens (including phenoxy) is 1. The topological polar surface area (TPSA) is 97.5 Å². The second-order valence-electron chi connectivity index (χ2n) is 6.97. The Morgan fingerprint density at radius 3 is 2.42 bits per heavy atom. The van der Waals surface area contributed by atoms with E-state index in [0.29, 0.717) is 16.6 Å². The molecule has 0 aliphatic carbocycles. The molecule has 0 aliphatic heterocycles. The monoisotopic (exact) mass is 448 g/mol. The summed E-state index contributed by atoms with van der Waals surface area (Å²) < 4.78 is 33.2. The number of carbonyl (C=O) groups excluding carboxylic acids is 2. The summed E-state index contributed by atoms with van der Waals surface area (Å²) in [7, 11) is 1.17. The van der Waals surface area contributed by atoms with Gasteiger partial charge in [-0.15, -0.1) is 0 Å². The normalized spacial score (nSPS) is 10.6. The number of aromatic nitrogens is 1. The largest absolute Gasteiger partial charge is 0.451 e. The zero-order valence-corrected chi connectivity index (χ0v) is 17.4. The highest BCUT2D eigenvalue weighted by atomic mass is 19.1. The number of pyridine rings is 1. The number of benzene rings is 3. The van der Waals surface area contributed by atoms with Crippen LogP contribution in [0.5, 0.6) is 0 Å². The number of anilines is 2. The lowest BCUT2D eigenvalue weighted by atomic mass is 10.0. The van der Waals surface area contributed by atoms with Gasteiger partial charge in [0, 0.05) is 10.9 Å². The number of hydrazine groups is 1. The lowest BCUT2D eigenvalue weighted by Gasteiger charge is -2.23. The molecule has 33 heavy (non-hydrogen) atoms. The number of nitrogen functional groups attached to an aromatic ring is 1. The molecule has 9 heteroatoms. The van der Waals surface area contributed by atoms with Crippen LogP contribution in [0.1, 0.15) is 10.4 Å². The van der Waals surface area contributed by atoms with Gasteiger partial charge >= 0.3 is 6.09 Å². The number of nitrogens with two attached hydrogens (primary N) is 1. The molecule has 0 atom stereocenters. The predicted octanol–water partition coefficient (Wildman–Crippen LogP) is 4.68. The summed E-state index contributed by atoms with van der Waals surface area (Å²) in [6, 6.07) is 17.8. The van der Waals surface area contributed by atoms with E-state index >= 15 is 0 Å². The van der Waals surface area contributed by atoms with Gasteiger partial charge in [-0.05, 0) is 36.4 Å². The third kappa shape index (κ3) is 4.16. The van der Waals surface area contributed by atoms with Gasteiger partial charge in [0.05, 0.1) is 35.3 Å². The molecule has 0 saturated heterocycles. The van der Waals surface area contributed by atoms with Crippen LogP contribution in [0.25, 0.3) is 22.2 Å². The van der Waals surface area contributed by atoms with E-state index in [4.69, 9.17) is 10.5 Å². The molecule has 0 radical (unpaired) electrons. The fraction of sp³-hybridized carbons (Fsp3) is 0.0417. The van der Waals surface area contributed by atoms with E-state index in [1.165, 1.54) is 7.11 Å². The van der Waals surface area contributed by atoms with Crippen LogP contribution >= 0.6 is 0 Å². The third-order valence-corrected chi connectivity index (χ3v) is 4.93. The van der Waals surface area contributed by atoms with E-state index in [1.54, 1.807) is 54.6 Å². The van der Waals surface area contributed by atoms with E-state index in [9.17, 15) is 18.4 Å². The van der Waals surface area contributed by atoms with Crippen molar-refractivity contribution < 1.29 is 23.1 Å². The predicted molar refractivity (Wildman–Crippen MR) is 120 cm³/mol. The molecule has 0 unspecified atom stereocenters. The van der Waals surface area contributed by atoms with Crippen LogP contribution in [0.3, 0.4) is 0 Å². The molecule has 0 saturated carbocycles. The molecule has 4 aromatic rings. The molecule has 0 spiro atoms. The van der Waals surface area contributed by atoms with Crippen molar-refractivity contribution in [1.82, 2.24) is 10.4 Å². The van der Waals surface area contributed by atoms with Gasteiger partial charge in [0.25, 0.3) is 5.91 Å². The summed E-state index contributed by atoms with van der Waals surface area (Å²) >= 11 is 0. The minimum atomic E-state index is -0.845. The van der Waals surface area contributed by atoms with Gasteiger partial charge in [-0.25, -0.2) is 18.6 Å².